The molecule has 9 aromatic carbocycles. The lowest BCUT2D eigenvalue weighted by Gasteiger charge is -2.37. The minimum Gasteiger partial charge on any atom is -0.309 e. The van der Waals surface area contributed by atoms with Crippen LogP contribution >= 0.6 is 7.14 Å². The molecule has 0 saturated carbocycles. The van der Waals surface area contributed by atoms with E-state index in [2.05, 4.69) is 237 Å². The summed E-state index contributed by atoms with van der Waals surface area (Å²) in [6, 6.07) is 66.9. The van der Waals surface area contributed by atoms with Crippen molar-refractivity contribution in [3.05, 3.63) is 215 Å². The Bertz CT molecular complexity index is 3900. The standard InChI is InChI=1S/C63H48N3OP/c1-61(2)46-31-28-37(34-55(46)64-52-25-10-7-16-40(52)43-19-13-22-49(61)58(43)64)68(67,38-29-32-47-56(35-38)65-53-26-11-8-17-41(53)44-20-14-23-50(59(44)65)62(47,3)4)39-30-33-48-57(36-39)66-54-27-12-9-18-42(54)45-21-15-24-51(60(45)66)63(48,5)6/h7-36H,1-6H3. The lowest BCUT2D eigenvalue weighted by molar-refractivity contribution is 0.592. The first-order valence-electron chi connectivity index (χ1n) is 24.0. The largest absolute Gasteiger partial charge is 0.309 e. The van der Waals surface area contributed by atoms with E-state index in [0.717, 1.165) is 49.5 Å². The van der Waals surface area contributed by atoms with Gasteiger partial charge >= 0.3 is 0 Å². The smallest absolute Gasteiger partial charge is 0.171 e. The number of para-hydroxylation sites is 6. The maximum absolute atomic E-state index is 17.8. The van der Waals surface area contributed by atoms with Crippen LogP contribution in [0.2, 0.25) is 0 Å². The lowest BCUT2D eigenvalue weighted by Crippen LogP contribution is -2.32. The van der Waals surface area contributed by atoms with Crippen LogP contribution in [0.4, 0.5) is 0 Å². The van der Waals surface area contributed by atoms with E-state index in [-0.39, 0.29) is 16.2 Å². The molecule has 0 atom stereocenters. The predicted molar refractivity (Wildman–Crippen MR) is 285 cm³/mol. The molecule has 0 amide bonds. The van der Waals surface area contributed by atoms with Gasteiger partial charge in [-0.15, -0.1) is 0 Å². The van der Waals surface area contributed by atoms with Gasteiger partial charge in [-0.25, -0.2) is 0 Å². The molecule has 326 valence electrons. The number of nitrogens with zero attached hydrogens (tertiary/aromatic N) is 3. The maximum Gasteiger partial charge on any atom is 0.171 e. The summed E-state index contributed by atoms with van der Waals surface area (Å²) in [5.41, 5.74) is 17.2. The van der Waals surface area contributed by atoms with Crippen molar-refractivity contribution >= 4 is 88.5 Å². The Labute approximate surface area is 395 Å². The van der Waals surface area contributed by atoms with Crippen LogP contribution in [0.25, 0.3) is 82.5 Å². The quantitative estimate of drug-likeness (QED) is 0.163. The van der Waals surface area contributed by atoms with Crippen molar-refractivity contribution in [1.29, 1.82) is 0 Å². The van der Waals surface area contributed by atoms with Gasteiger partial charge < -0.3 is 18.3 Å². The molecule has 0 aliphatic carbocycles. The summed E-state index contributed by atoms with van der Waals surface area (Å²) in [6.07, 6.45) is 0. The van der Waals surface area contributed by atoms with Gasteiger partial charge in [0.25, 0.3) is 0 Å². The van der Waals surface area contributed by atoms with E-state index in [0.29, 0.717) is 0 Å². The van der Waals surface area contributed by atoms with Gasteiger partial charge in [-0.2, -0.15) is 0 Å². The minimum absolute atomic E-state index is 0.293. The Hall–Kier alpha value is -7.39. The van der Waals surface area contributed by atoms with Crippen LogP contribution in [0, 0.1) is 0 Å². The number of fused-ring (bicyclic) bond motifs is 15. The molecule has 5 heteroatoms. The van der Waals surface area contributed by atoms with Crippen molar-refractivity contribution in [1.82, 2.24) is 13.7 Å². The molecule has 3 aliphatic heterocycles. The van der Waals surface area contributed by atoms with Crippen molar-refractivity contribution in [2.24, 2.45) is 0 Å². The summed E-state index contributed by atoms with van der Waals surface area (Å²) in [4.78, 5) is 0. The Morgan fingerprint density at radius 3 is 0.897 bits per heavy atom. The first-order valence-corrected chi connectivity index (χ1v) is 25.8. The molecule has 3 aliphatic rings. The van der Waals surface area contributed by atoms with E-state index in [1.807, 2.05) is 0 Å². The molecule has 15 rings (SSSR count). The van der Waals surface area contributed by atoms with Crippen LogP contribution < -0.4 is 15.9 Å². The first-order chi connectivity index (χ1) is 32.9. The minimum atomic E-state index is -3.69. The zero-order valence-corrected chi connectivity index (χ0v) is 39.9. The van der Waals surface area contributed by atoms with Crippen molar-refractivity contribution in [3.8, 4) is 17.1 Å². The molecule has 0 N–H and O–H groups in total. The fourth-order valence-electron chi connectivity index (χ4n) is 13.5. The second kappa shape index (κ2) is 12.6. The molecule has 0 fully saturated rings. The summed E-state index contributed by atoms with van der Waals surface area (Å²) in [6.45, 7) is 14.1. The van der Waals surface area contributed by atoms with Gasteiger partial charge in [0.05, 0.1) is 50.2 Å². The van der Waals surface area contributed by atoms with Crippen LogP contribution in [0.15, 0.2) is 182 Å². The zero-order chi connectivity index (χ0) is 45.8. The molecule has 0 radical (unpaired) electrons. The number of aromatic nitrogens is 3. The van der Waals surface area contributed by atoms with Crippen LogP contribution in [0.3, 0.4) is 0 Å². The van der Waals surface area contributed by atoms with Gasteiger partial charge in [0.1, 0.15) is 0 Å². The first kappa shape index (κ1) is 38.7. The van der Waals surface area contributed by atoms with Crippen molar-refractivity contribution in [2.75, 3.05) is 0 Å². The van der Waals surface area contributed by atoms with Crippen LogP contribution in [-0.4, -0.2) is 13.7 Å². The Morgan fingerprint density at radius 2 is 0.588 bits per heavy atom. The lowest BCUT2D eigenvalue weighted by atomic mass is 9.74. The van der Waals surface area contributed by atoms with E-state index >= 15 is 4.57 Å². The van der Waals surface area contributed by atoms with E-state index < -0.39 is 7.14 Å². The monoisotopic (exact) mass is 893 g/mol. The third kappa shape index (κ3) is 4.47. The molecular formula is C63H48N3OP. The number of benzene rings is 9. The highest BCUT2D eigenvalue weighted by atomic mass is 31.2. The summed E-state index contributed by atoms with van der Waals surface area (Å²) < 4.78 is 25.2. The second-order valence-corrected chi connectivity index (χ2v) is 24.0. The van der Waals surface area contributed by atoms with Gasteiger partial charge in [-0.3, -0.25) is 0 Å². The molecule has 6 heterocycles. The highest BCUT2D eigenvalue weighted by molar-refractivity contribution is 7.85. The van der Waals surface area contributed by atoms with Crippen molar-refractivity contribution in [2.45, 2.75) is 57.8 Å². The van der Waals surface area contributed by atoms with E-state index in [1.54, 1.807) is 0 Å². The summed E-state index contributed by atoms with van der Waals surface area (Å²) in [5, 5.41) is 9.91. The fraction of sp³-hybridized carbons (Fsp3) is 0.143. The van der Waals surface area contributed by atoms with Crippen LogP contribution in [0.5, 0.6) is 0 Å². The molecule has 0 spiro atoms. The van der Waals surface area contributed by atoms with E-state index in [9.17, 15) is 0 Å². The molecule has 12 aromatic rings. The van der Waals surface area contributed by atoms with Crippen LogP contribution in [-0.2, 0) is 20.8 Å². The Kier molecular flexibility index (Phi) is 7.15. The van der Waals surface area contributed by atoms with Gasteiger partial charge in [0, 0.05) is 64.5 Å². The highest BCUT2D eigenvalue weighted by Crippen LogP contribution is 2.54. The molecule has 0 saturated heterocycles. The Balaban J connectivity index is 1.06. The number of hydrogen-bond donors (Lipinski definition) is 0. The fourth-order valence-corrected chi connectivity index (χ4v) is 16.2. The van der Waals surface area contributed by atoms with E-state index in [4.69, 9.17) is 0 Å². The normalized spacial score (nSPS) is 15.9. The topological polar surface area (TPSA) is 31.9 Å². The third-order valence-corrected chi connectivity index (χ3v) is 19.9. The van der Waals surface area contributed by atoms with E-state index in [1.165, 1.54) is 82.2 Å². The van der Waals surface area contributed by atoms with Crippen LogP contribution in [0.1, 0.15) is 74.9 Å². The SMILES string of the molecule is CC1(C)c2ccc(P(=O)(c3ccc4c(c3)-n3c5ccccc5c5cccc(c53)C4(C)C)c3ccc4c(c3)-n3c5ccccc5c5cccc(c53)C4(C)C)cc2-n2c3ccccc3c3cccc1c32. The summed E-state index contributed by atoms with van der Waals surface area (Å²) in [5.74, 6) is 0. The molecule has 0 bridgehead atoms. The van der Waals surface area contributed by atoms with Crippen molar-refractivity contribution in [3.63, 3.8) is 0 Å². The number of hydrogen-bond acceptors (Lipinski definition) is 1. The van der Waals surface area contributed by atoms with Gasteiger partial charge in [0.2, 0.25) is 0 Å². The maximum atomic E-state index is 17.8. The molecular weight excluding hydrogens is 846 g/mol. The predicted octanol–water partition coefficient (Wildman–Crippen LogP) is 14.5. The number of rotatable bonds is 3. The highest BCUT2D eigenvalue weighted by Gasteiger charge is 2.42. The Morgan fingerprint density at radius 1 is 0.309 bits per heavy atom. The summed E-state index contributed by atoms with van der Waals surface area (Å²) >= 11 is 0. The average Bonchev–Trinajstić information content (AvgIpc) is 4.01. The third-order valence-electron chi connectivity index (χ3n) is 16.9. The molecule has 4 nitrogen and oxygen atoms in total. The second-order valence-electron chi connectivity index (χ2n) is 21.3. The molecule has 68 heavy (non-hydrogen) atoms. The van der Waals surface area contributed by atoms with Gasteiger partial charge in [-0.05, 0) is 69.8 Å². The van der Waals surface area contributed by atoms with Gasteiger partial charge in [-0.1, -0.05) is 187 Å². The zero-order valence-electron chi connectivity index (χ0n) is 39.0. The molecule has 3 aromatic heterocycles. The average molecular weight is 894 g/mol. The van der Waals surface area contributed by atoms with Gasteiger partial charge in [0.15, 0.2) is 7.14 Å². The molecule has 0 unspecified atom stereocenters. The summed E-state index contributed by atoms with van der Waals surface area (Å²) in [7, 11) is -3.69. The van der Waals surface area contributed by atoms with Crippen molar-refractivity contribution < 1.29 is 4.57 Å².